The van der Waals surface area contributed by atoms with Crippen molar-refractivity contribution in [3.05, 3.63) is 29.8 Å². The van der Waals surface area contributed by atoms with Crippen molar-refractivity contribution in [2.45, 2.75) is 13.0 Å². The standard InChI is InChI=1S/C14H15NO4/c1-4-9-19-12-7-5-11(6-8-12)13(16)15(3)10(2)14(17)18/h1,5-8,10H,9H2,2-3H3,(H,17,18). The minimum atomic E-state index is -1.05. The molecule has 0 bridgehead atoms. The second-order valence-electron chi connectivity index (χ2n) is 3.95. The van der Waals surface area contributed by atoms with E-state index in [-0.39, 0.29) is 12.5 Å². The van der Waals surface area contributed by atoms with Gasteiger partial charge in [-0.3, -0.25) is 4.79 Å². The fourth-order valence-corrected chi connectivity index (χ4v) is 1.36. The smallest absolute Gasteiger partial charge is 0.326 e. The van der Waals surface area contributed by atoms with Crippen molar-refractivity contribution in [2.24, 2.45) is 0 Å². The topological polar surface area (TPSA) is 66.8 Å². The second kappa shape index (κ2) is 6.45. The summed E-state index contributed by atoms with van der Waals surface area (Å²) >= 11 is 0. The third-order valence-electron chi connectivity index (χ3n) is 2.68. The Morgan fingerprint density at radius 1 is 1.42 bits per heavy atom. The molecular formula is C14H15NO4. The predicted molar refractivity (Wildman–Crippen MR) is 70.0 cm³/mol. The number of hydrogen-bond acceptors (Lipinski definition) is 3. The van der Waals surface area contributed by atoms with E-state index >= 15 is 0 Å². The molecule has 0 aliphatic rings. The minimum absolute atomic E-state index is 0.156. The number of rotatable bonds is 5. The van der Waals surface area contributed by atoms with Crippen LogP contribution in [0.25, 0.3) is 0 Å². The van der Waals surface area contributed by atoms with Gasteiger partial charge in [-0.25, -0.2) is 4.79 Å². The zero-order valence-corrected chi connectivity index (χ0v) is 10.8. The van der Waals surface area contributed by atoms with E-state index in [1.807, 2.05) is 0 Å². The fourth-order valence-electron chi connectivity index (χ4n) is 1.36. The highest BCUT2D eigenvalue weighted by molar-refractivity contribution is 5.96. The molecule has 1 N–H and O–H groups in total. The Kier molecular flexibility index (Phi) is 4.95. The van der Waals surface area contributed by atoms with Gasteiger partial charge in [-0.15, -0.1) is 6.42 Å². The molecule has 5 heteroatoms. The second-order valence-corrected chi connectivity index (χ2v) is 3.95. The summed E-state index contributed by atoms with van der Waals surface area (Å²) in [5, 5.41) is 8.86. The van der Waals surface area contributed by atoms with E-state index in [0.29, 0.717) is 11.3 Å². The number of carboxylic acids is 1. The van der Waals surface area contributed by atoms with Crippen LogP contribution in [0.5, 0.6) is 5.75 Å². The number of terminal acetylenes is 1. The number of aliphatic carboxylic acids is 1. The first-order valence-electron chi connectivity index (χ1n) is 5.63. The lowest BCUT2D eigenvalue weighted by atomic mass is 10.1. The first-order chi connectivity index (χ1) is 8.97. The Morgan fingerprint density at radius 3 is 2.47 bits per heavy atom. The van der Waals surface area contributed by atoms with Gasteiger partial charge in [0.05, 0.1) is 0 Å². The number of ether oxygens (including phenoxy) is 1. The van der Waals surface area contributed by atoms with E-state index < -0.39 is 12.0 Å². The Balaban J connectivity index is 2.78. The van der Waals surface area contributed by atoms with E-state index in [2.05, 4.69) is 5.92 Å². The summed E-state index contributed by atoms with van der Waals surface area (Å²) in [6.07, 6.45) is 5.06. The van der Waals surface area contributed by atoms with Crippen LogP contribution in [-0.2, 0) is 4.79 Å². The fraction of sp³-hybridized carbons (Fsp3) is 0.286. The quantitative estimate of drug-likeness (QED) is 0.810. The monoisotopic (exact) mass is 261 g/mol. The van der Waals surface area contributed by atoms with Crippen LogP contribution in [0, 0.1) is 12.3 Å². The van der Waals surface area contributed by atoms with Gasteiger partial charge in [0.2, 0.25) is 0 Å². The van der Waals surface area contributed by atoms with Crippen molar-refractivity contribution in [3.63, 3.8) is 0 Å². The van der Waals surface area contributed by atoms with Gasteiger partial charge in [-0.2, -0.15) is 0 Å². The Labute approximate surface area is 111 Å². The number of nitrogens with zero attached hydrogens (tertiary/aromatic N) is 1. The SMILES string of the molecule is C#CCOc1ccc(C(=O)N(C)C(C)C(=O)O)cc1. The molecule has 0 saturated heterocycles. The van der Waals surface area contributed by atoms with Gasteiger partial charge in [0.15, 0.2) is 0 Å². The summed E-state index contributed by atoms with van der Waals surface area (Å²) in [5.41, 5.74) is 0.392. The number of carbonyl (C=O) groups excluding carboxylic acids is 1. The number of carboxylic acid groups (broad SMARTS) is 1. The highest BCUT2D eigenvalue weighted by atomic mass is 16.5. The molecule has 0 radical (unpaired) electrons. The van der Waals surface area contributed by atoms with Crippen LogP contribution >= 0.6 is 0 Å². The van der Waals surface area contributed by atoms with Crippen LogP contribution < -0.4 is 4.74 Å². The lowest BCUT2D eigenvalue weighted by Crippen LogP contribution is -2.40. The maximum atomic E-state index is 12.0. The van der Waals surface area contributed by atoms with Crippen molar-refractivity contribution < 1.29 is 19.4 Å². The summed E-state index contributed by atoms with van der Waals surface area (Å²) in [6.45, 7) is 1.61. The van der Waals surface area contributed by atoms with Crippen molar-refractivity contribution >= 4 is 11.9 Å². The molecule has 0 aliphatic heterocycles. The van der Waals surface area contributed by atoms with Gasteiger partial charge in [-0.1, -0.05) is 5.92 Å². The molecule has 1 aromatic rings. The lowest BCUT2D eigenvalue weighted by Gasteiger charge is -2.21. The Bertz CT molecular complexity index is 501. The summed E-state index contributed by atoms with van der Waals surface area (Å²) in [7, 11) is 1.45. The molecule has 5 nitrogen and oxygen atoms in total. The molecule has 0 aliphatic carbocycles. The maximum absolute atomic E-state index is 12.0. The van der Waals surface area contributed by atoms with Crippen molar-refractivity contribution in [1.29, 1.82) is 0 Å². The van der Waals surface area contributed by atoms with Crippen LogP contribution in [0.3, 0.4) is 0 Å². The molecular weight excluding hydrogens is 246 g/mol. The average Bonchev–Trinajstić information content (AvgIpc) is 2.43. The van der Waals surface area contributed by atoms with Crippen molar-refractivity contribution in [3.8, 4) is 18.1 Å². The molecule has 1 atom stereocenters. The first kappa shape index (κ1) is 14.6. The van der Waals surface area contributed by atoms with Crippen LogP contribution in [0.15, 0.2) is 24.3 Å². The van der Waals surface area contributed by atoms with Crippen molar-refractivity contribution in [1.82, 2.24) is 4.90 Å². The normalized spacial score (nSPS) is 11.2. The molecule has 19 heavy (non-hydrogen) atoms. The molecule has 1 unspecified atom stereocenters. The largest absolute Gasteiger partial charge is 0.481 e. The molecule has 0 aromatic heterocycles. The van der Waals surface area contributed by atoms with Crippen molar-refractivity contribution in [2.75, 3.05) is 13.7 Å². The summed E-state index contributed by atoms with van der Waals surface area (Å²) in [5.74, 6) is 1.48. The minimum Gasteiger partial charge on any atom is -0.481 e. The molecule has 1 aromatic carbocycles. The van der Waals surface area contributed by atoms with Gasteiger partial charge >= 0.3 is 5.97 Å². The number of amides is 1. The number of carbonyl (C=O) groups is 2. The number of likely N-dealkylation sites (N-methyl/N-ethyl adjacent to an activating group) is 1. The summed E-state index contributed by atoms with van der Waals surface area (Å²) in [4.78, 5) is 24.0. The van der Waals surface area contributed by atoms with Crippen LogP contribution in [0.2, 0.25) is 0 Å². The highest BCUT2D eigenvalue weighted by Crippen LogP contribution is 2.14. The molecule has 0 spiro atoms. The summed E-state index contributed by atoms with van der Waals surface area (Å²) < 4.78 is 5.18. The molecule has 0 saturated carbocycles. The number of hydrogen-bond donors (Lipinski definition) is 1. The lowest BCUT2D eigenvalue weighted by molar-refractivity contribution is -0.141. The maximum Gasteiger partial charge on any atom is 0.326 e. The van der Waals surface area contributed by atoms with E-state index in [4.69, 9.17) is 16.3 Å². The molecule has 1 amide bonds. The highest BCUT2D eigenvalue weighted by Gasteiger charge is 2.22. The molecule has 0 fully saturated rings. The van der Waals surface area contributed by atoms with E-state index in [9.17, 15) is 9.59 Å². The summed E-state index contributed by atoms with van der Waals surface area (Å²) in [6, 6.07) is 5.48. The van der Waals surface area contributed by atoms with Crippen LogP contribution in [-0.4, -0.2) is 41.6 Å². The van der Waals surface area contributed by atoms with E-state index in [1.165, 1.54) is 18.9 Å². The number of benzene rings is 1. The molecule has 0 heterocycles. The third kappa shape index (κ3) is 3.75. The van der Waals surface area contributed by atoms with Crippen LogP contribution in [0.4, 0.5) is 0 Å². The molecule has 100 valence electrons. The average molecular weight is 261 g/mol. The third-order valence-corrected chi connectivity index (χ3v) is 2.68. The van der Waals surface area contributed by atoms with E-state index in [0.717, 1.165) is 0 Å². The van der Waals surface area contributed by atoms with E-state index in [1.54, 1.807) is 24.3 Å². The Hall–Kier alpha value is -2.48. The first-order valence-corrected chi connectivity index (χ1v) is 5.63. The van der Waals surface area contributed by atoms with Gasteiger partial charge in [0, 0.05) is 12.6 Å². The van der Waals surface area contributed by atoms with Crippen LogP contribution in [0.1, 0.15) is 17.3 Å². The van der Waals surface area contributed by atoms with Gasteiger partial charge in [0.1, 0.15) is 18.4 Å². The Morgan fingerprint density at radius 2 is 2.00 bits per heavy atom. The predicted octanol–water partition coefficient (Wildman–Crippen LogP) is 1.24. The van der Waals surface area contributed by atoms with Gasteiger partial charge in [-0.05, 0) is 31.2 Å². The molecule has 1 rings (SSSR count). The van der Waals surface area contributed by atoms with Gasteiger partial charge < -0.3 is 14.7 Å². The zero-order chi connectivity index (χ0) is 14.4. The zero-order valence-electron chi connectivity index (χ0n) is 10.8. The van der Waals surface area contributed by atoms with Gasteiger partial charge in [0.25, 0.3) is 5.91 Å².